The van der Waals surface area contributed by atoms with Gasteiger partial charge in [-0.15, -0.1) is 0 Å². The number of rotatable bonds is 4. The van der Waals surface area contributed by atoms with Crippen LogP contribution >= 0.6 is 24.0 Å². The van der Waals surface area contributed by atoms with Crippen molar-refractivity contribution in [3.05, 3.63) is 22.6 Å². The first-order valence-electron chi connectivity index (χ1n) is 7.13. The molecule has 0 aromatic rings. The summed E-state index contributed by atoms with van der Waals surface area (Å²) < 4.78 is 0.319. The van der Waals surface area contributed by atoms with Crippen molar-refractivity contribution in [3.8, 4) is 0 Å². The number of carboxylic acids is 1. The monoisotopic (exact) mass is 325 g/mol. The number of carboxylic acid groups (broad SMARTS) is 1. The van der Waals surface area contributed by atoms with Crippen molar-refractivity contribution in [2.75, 3.05) is 6.54 Å². The van der Waals surface area contributed by atoms with Gasteiger partial charge in [-0.2, -0.15) is 0 Å². The van der Waals surface area contributed by atoms with Gasteiger partial charge in [0.15, 0.2) is 0 Å². The molecule has 0 spiro atoms. The largest absolute Gasteiger partial charge is 0.480 e. The summed E-state index contributed by atoms with van der Waals surface area (Å²) in [5.41, 5.74) is 1.05. The van der Waals surface area contributed by atoms with Crippen molar-refractivity contribution in [2.45, 2.75) is 39.0 Å². The fourth-order valence-corrected chi connectivity index (χ4v) is 4.00. The third kappa shape index (κ3) is 4.41. The van der Waals surface area contributed by atoms with Crippen LogP contribution in [0.5, 0.6) is 0 Å². The third-order valence-electron chi connectivity index (χ3n) is 3.67. The number of nitrogens with zero attached hydrogens (tertiary/aromatic N) is 1. The second-order valence-corrected chi connectivity index (χ2v) is 7.15. The van der Waals surface area contributed by atoms with E-state index in [0.717, 1.165) is 10.5 Å². The van der Waals surface area contributed by atoms with Crippen molar-refractivity contribution >= 4 is 40.2 Å². The Bertz CT molecular complexity index is 519. The lowest BCUT2D eigenvalue weighted by atomic mass is 9.88. The number of thioether (sulfide) groups is 1. The van der Waals surface area contributed by atoms with E-state index < -0.39 is 5.97 Å². The minimum Gasteiger partial charge on any atom is -0.480 e. The maximum absolute atomic E-state index is 12.1. The van der Waals surface area contributed by atoms with E-state index in [1.54, 1.807) is 0 Å². The molecule has 0 atom stereocenters. The number of hydrogen-bond acceptors (Lipinski definition) is 4. The Balaban J connectivity index is 2.06. The smallest absolute Gasteiger partial charge is 0.323 e. The maximum Gasteiger partial charge on any atom is 0.323 e. The Kier molecular flexibility index (Phi) is 5.58. The molecule has 2 fully saturated rings. The van der Waals surface area contributed by atoms with Gasteiger partial charge in [-0.25, -0.2) is 0 Å². The quantitative estimate of drug-likeness (QED) is 0.634. The second-order valence-electron chi connectivity index (χ2n) is 5.47. The molecule has 1 aliphatic carbocycles. The first-order chi connectivity index (χ1) is 9.97. The Hall–Kier alpha value is -1.14. The summed E-state index contributed by atoms with van der Waals surface area (Å²) in [7, 11) is 0. The first-order valence-corrected chi connectivity index (χ1v) is 8.35. The Labute approximate surface area is 134 Å². The summed E-state index contributed by atoms with van der Waals surface area (Å²) in [6.45, 7) is 1.62. The van der Waals surface area contributed by atoms with E-state index in [0.29, 0.717) is 15.1 Å². The lowest BCUT2D eigenvalue weighted by molar-refractivity contribution is -0.140. The molecule has 2 aliphatic rings. The molecular weight excluding hydrogens is 306 g/mol. The Morgan fingerprint density at radius 2 is 2.10 bits per heavy atom. The van der Waals surface area contributed by atoms with E-state index in [9.17, 15) is 9.59 Å². The van der Waals surface area contributed by atoms with Gasteiger partial charge < -0.3 is 5.11 Å². The van der Waals surface area contributed by atoms with Crippen LogP contribution in [0.25, 0.3) is 0 Å². The Morgan fingerprint density at radius 1 is 1.43 bits per heavy atom. The lowest BCUT2D eigenvalue weighted by Gasteiger charge is -2.18. The van der Waals surface area contributed by atoms with E-state index in [-0.39, 0.29) is 12.5 Å². The summed E-state index contributed by atoms with van der Waals surface area (Å²) in [6, 6.07) is 0. The highest BCUT2D eigenvalue weighted by Crippen LogP contribution is 2.32. The standard InChI is InChI=1S/C15H19NO3S2/c1-10(7-11-5-3-2-4-6-11)8-12-14(19)16(9-13(17)18)15(20)21-12/h7-8,11H,2-6,9H2,1H3,(H,17,18). The molecule has 0 unspecified atom stereocenters. The number of amides is 1. The molecule has 114 valence electrons. The summed E-state index contributed by atoms with van der Waals surface area (Å²) >= 11 is 6.25. The zero-order valence-electron chi connectivity index (χ0n) is 12.0. The van der Waals surface area contributed by atoms with Crippen molar-refractivity contribution in [2.24, 2.45) is 5.92 Å². The van der Waals surface area contributed by atoms with Crippen LogP contribution in [0.15, 0.2) is 22.6 Å². The summed E-state index contributed by atoms with van der Waals surface area (Å²) in [5, 5.41) is 8.80. The molecule has 1 heterocycles. The van der Waals surface area contributed by atoms with Crippen LogP contribution in [0.1, 0.15) is 39.0 Å². The molecule has 0 aromatic carbocycles. The van der Waals surface area contributed by atoms with Crippen molar-refractivity contribution in [1.29, 1.82) is 0 Å². The average Bonchev–Trinajstić information content (AvgIpc) is 2.67. The third-order valence-corrected chi connectivity index (χ3v) is 5.05. The van der Waals surface area contributed by atoms with Gasteiger partial charge in [-0.3, -0.25) is 14.5 Å². The summed E-state index contributed by atoms with van der Waals surface area (Å²) in [6.07, 6.45) is 10.3. The van der Waals surface area contributed by atoms with Crippen LogP contribution in [0.2, 0.25) is 0 Å². The van der Waals surface area contributed by atoms with E-state index in [1.807, 2.05) is 13.0 Å². The Morgan fingerprint density at radius 3 is 2.71 bits per heavy atom. The topological polar surface area (TPSA) is 57.6 Å². The zero-order chi connectivity index (χ0) is 15.4. The number of hydrogen-bond donors (Lipinski definition) is 1. The number of allylic oxidation sites excluding steroid dienone is 3. The minimum absolute atomic E-state index is 0.302. The molecule has 6 heteroatoms. The van der Waals surface area contributed by atoms with Crippen molar-refractivity contribution in [3.63, 3.8) is 0 Å². The molecule has 2 rings (SSSR count). The van der Waals surface area contributed by atoms with Crippen molar-refractivity contribution in [1.82, 2.24) is 4.90 Å². The highest BCUT2D eigenvalue weighted by Gasteiger charge is 2.33. The minimum atomic E-state index is -1.05. The predicted molar refractivity (Wildman–Crippen MR) is 88.0 cm³/mol. The molecule has 0 aromatic heterocycles. The predicted octanol–water partition coefficient (Wildman–Crippen LogP) is 3.34. The fraction of sp³-hybridized carbons (Fsp3) is 0.533. The maximum atomic E-state index is 12.1. The van der Waals surface area contributed by atoms with E-state index in [4.69, 9.17) is 17.3 Å². The number of carbonyl (C=O) groups excluding carboxylic acids is 1. The normalized spacial score (nSPS) is 23.2. The van der Waals surface area contributed by atoms with Gasteiger partial charge in [-0.1, -0.05) is 54.9 Å². The summed E-state index contributed by atoms with van der Waals surface area (Å²) in [4.78, 5) is 24.5. The van der Waals surface area contributed by atoms with Gasteiger partial charge in [0, 0.05) is 0 Å². The molecule has 1 amide bonds. The number of thiocarbonyl (C=S) groups is 1. The SMILES string of the molecule is CC(=CC1CCCCC1)C=C1SC(=S)N(CC(=O)O)C1=O. The van der Waals surface area contributed by atoms with Crippen LogP contribution in [-0.2, 0) is 9.59 Å². The molecular formula is C15H19NO3S2. The van der Waals surface area contributed by atoms with Crippen molar-refractivity contribution < 1.29 is 14.7 Å². The number of aliphatic carboxylic acids is 1. The molecule has 0 bridgehead atoms. The molecule has 4 nitrogen and oxygen atoms in total. The van der Waals surface area contributed by atoms with Crippen LogP contribution in [-0.4, -0.2) is 32.7 Å². The van der Waals surface area contributed by atoms with Crippen LogP contribution in [0.3, 0.4) is 0 Å². The lowest BCUT2D eigenvalue weighted by Crippen LogP contribution is -2.33. The van der Waals surface area contributed by atoms with Gasteiger partial charge in [0.1, 0.15) is 10.9 Å². The van der Waals surface area contributed by atoms with Gasteiger partial charge in [-0.05, 0) is 31.8 Å². The second kappa shape index (κ2) is 7.22. The molecule has 0 radical (unpaired) electrons. The first kappa shape index (κ1) is 16.2. The van der Waals surface area contributed by atoms with Crippen LogP contribution in [0.4, 0.5) is 0 Å². The molecule has 21 heavy (non-hydrogen) atoms. The molecule has 1 N–H and O–H groups in total. The molecule has 1 saturated carbocycles. The zero-order valence-corrected chi connectivity index (χ0v) is 13.6. The highest BCUT2D eigenvalue weighted by molar-refractivity contribution is 8.26. The molecule has 1 saturated heterocycles. The van der Waals surface area contributed by atoms with Gasteiger partial charge >= 0.3 is 5.97 Å². The number of carbonyl (C=O) groups is 2. The van der Waals surface area contributed by atoms with Crippen LogP contribution in [0, 0.1) is 5.92 Å². The average molecular weight is 325 g/mol. The molecule has 1 aliphatic heterocycles. The van der Waals surface area contributed by atoms with E-state index in [1.165, 1.54) is 43.9 Å². The van der Waals surface area contributed by atoms with Gasteiger partial charge in [0.25, 0.3) is 5.91 Å². The fourth-order valence-electron chi connectivity index (χ4n) is 2.70. The van der Waals surface area contributed by atoms with Gasteiger partial charge in [0.2, 0.25) is 0 Å². The van der Waals surface area contributed by atoms with Gasteiger partial charge in [0.05, 0.1) is 4.91 Å². The van der Waals surface area contributed by atoms with Crippen LogP contribution < -0.4 is 0 Å². The van der Waals surface area contributed by atoms with E-state index in [2.05, 4.69) is 6.08 Å². The van der Waals surface area contributed by atoms with E-state index >= 15 is 0 Å². The summed E-state index contributed by atoms with van der Waals surface area (Å²) in [5.74, 6) is -0.759. The highest BCUT2D eigenvalue weighted by atomic mass is 32.2.